The summed E-state index contributed by atoms with van der Waals surface area (Å²) in [5.74, 6) is -0.912. The van der Waals surface area contributed by atoms with Crippen molar-refractivity contribution in [3.63, 3.8) is 0 Å². The molecule has 1 saturated heterocycles. The van der Waals surface area contributed by atoms with Crippen LogP contribution in [0.25, 0.3) is 10.8 Å². The molecule has 8 heteroatoms. The molecule has 3 amide bonds. The van der Waals surface area contributed by atoms with Crippen LogP contribution in [0.3, 0.4) is 0 Å². The first kappa shape index (κ1) is 16.1. The van der Waals surface area contributed by atoms with Crippen LogP contribution in [0.15, 0.2) is 52.5 Å². The summed E-state index contributed by atoms with van der Waals surface area (Å²) in [6.07, 6.45) is 4.12. The van der Waals surface area contributed by atoms with Crippen LogP contribution < -0.4 is 10.2 Å². The molecule has 3 aromatic rings. The van der Waals surface area contributed by atoms with E-state index < -0.39 is 11.9 Å². The zero-order chi connectivity index (χ0) is 18.5. The molecule has 2 N–H and O–H groups in total. The van der Waals surface area contributed by atoms with Crippen LogP contribution in [-0.4, -0.2) is 34.0 Å². The molecule has 1 aromatic heterocycles. The van der Waals surface area contributed by atoms with E-state index in [1.165, 1.54) is 4.90 Å². The molecule has 2 aliphatic rings. The van der Waals surface area contributed by atoms with Gasteiger partial charge in [-0.05, 0) is 30.0 Å². The Hall–Kier alpha value is -3.13. The smallest absolute Gasteiger partial charge is 0.259 e. The van der Waals surface area contributed by atoms with Gasteiger partial charge in [0.1, 0.15) is 6.04 Å². The number of aromatic nitrogens is 2. The van der Waals surface area contributed by atoms with E-state index in [9.17, 15) is 14.4 Å². The molecule has 0 bridgehead atoms. The number of hydrogen-bond donors (Lipinski definition) is 2. The highest BCUT2D eigenvalue weighted by Gasteiger charge is 2.40. The molecule has 1 unspecified atom stereocenters. The molecule has 0 aliphatic carbocycles. The quantitative estimate of drug-likeness (QED) is 0.683. The summed E-state index contributed by atoms with van der Waals surface area (Å²) in [6, 6.07) is 8.78. The third-order valence-electron chi connectivity index (χ3n) is 4.91. The van der Waals surface area contributed by atoms with Crippen molar-refractivity contribution in [2.45, 2.75) is 28.7 Å². The van der Waals surface area contributed by atoms with Crippen LogP contribution in [0, 0.1) is 0 Å². The average molecular weight is 378 g/mol. The lowest BCUT2D eigenvalue weighted by Crippen LogP contribution is -2.53. The summed E-state index contributed by atoms with van der Waals surface area (Å²) in [6.45, 7) is 0. The third kappa shape index (κ3) is 2.44. The number of nitrogens with zero attached hydrogens (tertiary/aromatic N) is 2. The molecule has 134 valence electrons. The van der Waals surface area contributed by atoms with E-state index in [4.69, 9.17) is 0 Å². The average Bonchev–Trinajstić information content (AvgIpc) is 3.26. The maximum absolute atomic E-state index is 13.1. The molecule has 0 spiro atoms. The van der Waals surface area contributed by atoms with E-state index in [0.29, 0.717) is 12.0 Å². The zero-order valence-corrected chi connectivity index (χ0v) is 14.9. The number of rotatable bonds is 3. The van der Waals surface area contributed by atoms with E-state index in [1.807, 2.05) is 30.5 Å². The minimum atomic E-state index is -0.668. The lowest BCUT2D eigenvalue weighted by atomic mass is 10.0. The van der Waals surface area contributed by atoms with Gasteiger partial charge in [0.25, 0.3) is 5.91 Å². The molecule has 0 radical (unpaired) electrons. The normalized spacial score (nSPS) is 19.0. The van der Waals surface area contributed by atoms with Crippen LogP contribution in [0.5, 0.6) is 0 Å². The van der Waals surface area contributed by atoms with Crippen molar-refractivity contribution in [2.24, 2.45) is 0 Å². The lowest BCUT2D eigenvalue weighted by Gasteiger charge is -2.30. The molecule has 2 aromatic carbocycles. The van der Waals surface area contributed by atoms with Gasteiger partial charge < -0.3 is 0 Å². The first-order valence-corrected chi connectivity index (χ1v) is 9.35. The zero-order valence-electron chi connectivity index (χ0n) is 14.1. The fourth-order valence-corrected chi connectivity index (χ4v) is 4.62. The molecule has 0 saturated carbocycles. The minimum Gasteiger partial charge on any atom is -0.295 e. The number of benzene rings is 2. The van der Waals surface area contributed by atoms with Gasteiger partial charge in [-0.3, -0.25) is 29.7 Å². The molecule has 1 fully saturated rings. The summed E-state index contributed by atoms with van der Waals surface area (Å²) in [7, 11) is 0. The summed E-state index contributed by atoms with van der Waals surface area (Å²) in [4.78, 5) is 40.4. The number of nitrogens with one attached hydrogen (secondary N) is 2. The highest BCUT2D eigenvalue weighted by Crippen LogP contribution is 2.44. The second-order valence-electron chi connectivity index (χ2n) is 6.49. The highest BCUT2D eigenvalue weighted by molar-refractivity contribution is 7.99. The van der Waals surface area contributed by atoms with Gasteiger partial charge in [-0.15, -0.1) is 0 Å². The van der Waals surface area contributed by atoms with Crippen molar-refractivity contribution in [1.82, 2.24) is 15.5 Å². The third-order valence-corrected chi connectivity index (χ3v) is 5.94. The fraction of sp³-hybridized carbons (Fsp3) is 0.158. The highest BCUT2D eigenvalue weighted by atomic mass is 32.2. The number of anilines is 1. The number of carbonyl (C=O) groups is 3. The number of aromatic amines is 1. The van der Waals surface area contributed by atoms with Crippen molar-refractivity contribution in [3.05, 3.63) is 48.3 Å². The molecular formula is C19H14N4O3S. The van der Waals surface area contributed by atoms with Crippen LogP contribution in [0.1, 0.15) is 23.2 Å². The van der Waals surface area contributed by atoms with Gasteiger partial charge in [0.2, 0.25) is 11.8 Å². The topological polar surface area (TPSA) is 95.2 Å². The summed E-state index contributed by atoms with van der Waals surface area (Å²) >= 11 is 1.56. The minimum absolute atomic E-state index is 0.199. The summed E-state index contributed by atoms with van der Waals surface area (Å²) in [5.41, 5.74) is 1.30. The second kappa shape index (κ2) is 5.95. The number of H-pyrrole nitrogens is 1. The SMILES string of the molecule is O=C1CCC(N2C(=O)c3cccc4c(Sc5cn[nH]c5)ccc2c34)C(=O)N1. The van der Waals surface area contributed by atoms with Gasteiger partial charge in [-0.1, -0.05) is 23.9 Å². The van der Waals surface area contributed by atoms with E-state index in [-0.39, 0.29) is 18.2 Å². The molecular weight excluding hydrogens is 364 g/mol. The number of carbonyl (C=O) groups excluding carboxylic acids is 3. The van der Waals surface area contributed by atoms with E-state index >= 15 is 0 Å². The maximum Gasteiger partial charge on any atom is 0.259 e. The van der Waals surface area contributed by atoms with Crippen molar-refractivity contribution in [3.8, 4) is 0 Å². The molecule has 5 rings (SSSR count). The van der Waals surface area contributed by atoms with E-state index in [1.54, 1.807) is 24.0 Å². The number of amides is 3. The van der Waals surface area contributed by atoms with Crippen LogP contribution in [-0.2, 0) is 9.59 Å². The Morgan fingerprint density at radius 3 is 2.81 bits per heavy atom. The largest absolute Gasteiger partial charge is 0.295 e. The van der Waals surface area contributed by atoms with Crippen molar-refractivity contribution in [2.75, 3.05) is 4.90 Å². The fourth-order valence-electron chi connectivity index (χ4n) is 3.73. The monoisotopic (exact) mass is 378 g/mol. The number of piperidine rings is 1. The van der Waals surface area contributed by atoms with Gasteiger partial charge in [-0.25, -0.2) is 0 Å². The Balaban J connectivity index is 1.62. The van der Waals surface area contributed by atoms with Gasteiger partial charge >= 0.3 is 0 Å². The van der Waals surface area contributed by atoms with Crippen LogP contribution in [0.4, 0.5) is 5.69 Å². The number of hydrogen-bond acceptors (Lipinski definition) is 5. The number of imide groups is 1. The van der Waals surface area contributed by atoms with Gasteiger partial charge in [0.05, 0.1) is 11.9 Å². The Kier molecular flexibility index (Phi) is 3.54. The Morgan fingerprint density at radius 1 is 1.15 bits per heavy atom. The van der Waals surface area contributed by atoms with Crippen molar-refractivity contribution >= 4 is 45.9 Å². The molecule has 27 heavy (non-hydrogen) atoms. The predicted octanol–water partition coefficient (Wildman–Crippen LogP) is 2.48. The first-order chi connectivity index (χ1) is 13.1. The second-order valence-corrected chi connectivity index (χ2v) is 7.60. The Morgan fingerprint density at radius 2 is 2.04 bits per heavy atom. The van der Waals surface area contributed by atoms with Crippen molar-refractivity contribution in [1.29, 1.82) is 0 Å². The standard InChI is InChI=1S/C19H14N4O3S/c24-16-7-5-14(18(25)22-16)23-13-4-6-15(27-10-8-20-21-9-10)11-2-1-3-12(17(11)13)19(23)26/h1-4,6,8-9,14H,5,7H2,(H,20,21)(H,22,24,25). The van der Waals surface area contributed by atoms with E-state index in [0.717, 1.165) is 26.3 Å². The van der Waals surface area contributed by atoms with E-state index in [2.05, 4.69) is 15.5 Å². The Labute approximate surface area is 158 Å². The lowest BCUT2D eigenvalue weighted by molar-refractivity contribution is -0.134. The van der Waals surface area contributed by atoms with Gasteiger partial charge in [0.15, 0.2) is 0 Å². The predicted molar refractivity (Wildman–Crippen MR) is 99.6 cm³/mol. The molecule has 3 heterocycles. The van der Waals surface area contributed by atoms with Crippen molar-refractivity contribution < 1.29 is 14.4 Å². The van der Waals surface area contributed by atoms with Gasteiger partial charge in [0, 0.05) is 33.4 Å². The summed E-state index contributed by atoms with van der Waals surface area (Å²) in [5, 5.41) is 10.9. The first-order valence-electron chi connectivity index (χ1n) is 8.53. The van der Waals surface area contributed by atoms with Gasteiger partial charge in [-0.2, -0.15) is 5.10 Å². The maximum atomic E-state index is 13.1. The molecule has 2 aliphatic heterocycles. The molecule has 1 atom stereocenters. The van der Waals surface area contributed by atoms with Crippen LogP contribution >= 0.6 is 11.8 Å². The molecule has 7 nitrogen and oxygen atoms in total. The van der Waals surface area contributed by atoms with Crippen LogP contribution in [0.2, 0.25) is 0 Å². The summed E-state index contributed by atoms with van der Waals surface area (Å²) < 4.78 is 0. The Bertz CT molecular complexity index is 1110.